The second-order valence-corrected chi connectivity index (χ2v) is 6.90. The molecule has 9 heteroatoms. The van der Waals surface area contributed by atoms with Crippen molar-refractivity contribution in [2.24, 2.45) is 0 Å². The number of anilines is 1. The molecule has 0 spiro atoms. The third-order valence-corrected chi connectivity index (χ3v) is 4.81. The van der Waals surface area contributed by atoms with Gasteiger partial charge < -0.3 is 5.32 Å². The largest absolute Gasteiger partial charge is 0.302 e. The van der Waals surface area contributed by atoms with Gasteiger partial charge in [0.1, 0.15) is 11.6 Å². The fraction of sp³-hybridized carbons (Fsp3) is 0.294. The lowest BCUT2D eigenvalue weighted by Gasteiger charge is -2.12. The number of thiazole rings is 1. The average Bonchev–Trinajstić information content (AvgIpc) is 3.15. The van der Waals surface area contributed by atoms with Crippen LogP contribution in [0.1, 0.15) is 29.7 Å². The Morgan fingerprint density at radius 2 is 1.96 bits per heavy atom. The first kappa shape index (κ1) is 18.1. The highest BCUT2D eigenvalue weighted by atomic mass is 32.1. The van der Waals surface area contributed by atoms with Gasteiger partial charge in [0.15, 0.2) is 5.13 Å². The van der Waals surface area contributed by atoms with Crippen LogP contribution in [-0.2, 0) is 20.8 Å². The maximum Gasteiger partial charge on any atom is 0.229 e. The summed E-state index contributed by atoms with van der Waals surface area (Å²) in [6.07, 6.45) is 2.11. The Balaban J connectivity index is 1.53. The molecular formula is C17H15F2N3O3S. The van der Waals surface area contributed by atoms with Crippen LogP contribution in [0.15, 0.2) is 24.4 Å². The van der Waals surface area contributed by atoms with Gasteiger partial charge in [-0.15, -0.1) is 11.3 Å². The second kappa shape index (κ2) is 7.69. The number of hydrogen-bond donors (Lipinski definition) is 1. The fourth-order valence-corrected chi connectivity index (χ4v) is 3.42. The molecule has 0 radical (unpaired) electrons. The normalized spacial score (nSPS) is 14.2. The number of nitrogens with zero attached hydrogens (tertiary/aromatic N) is 2. The molecule has 26 heavy (non-hydrogen) atoms. The SMILES string of the molecule is O=C(CCN1C(=O)CCC1=O)Nc1ncc(Cc2ccc(F)cc2F)s1. The Morgan fingerprint density at radius 1 is 1.23 bits per heavy atom. The third-order valence-electron chi connectivity index (χ3n) is 3.90. The lowest BCUT2D eigenvalue weighted by Crippen LogP contribution is -2.32. The zero-order valence-electron chi connectivity index (χ0n) is 13.6. The molecule has 3 rings (SSSR count). The van der Waals surface area contributed by atoms with Gasteiger partial charge in [-0.3, -0.25) is 19.3 Å². The molecule has 1 aromatic carbocycles. The zero-order chi connectivity index (χ0) is 18.7. The molecule has 1 fully saturated rings. The summed E-state index contributed by atoms with van der Waals surface area (Å²) < 4.78 is 26.6. The second-order valence-electron chi connectivity index (χ2n) is 5.78. The number of carbonyl (C=O) groups excluding carboxylic acids is 3. The quantitative estimate of drug-likeness (QED) is 0.782. The third kappa shape index (κ3) is 4.29. The Morgan fingerprint density at radius 3 is 2.65 bits per heavy atom. The van der Waals surface area contributed by atoms with Crippen LogP contribution in [0.3, 0.4) is 0 Å². The fourth-order valence-electron chi connectivity index (χ4n) is 2.57. The topological polar surface area (TPSA) is 79.4 Å². The molecule has 1 saturated heterocycles. The van der Waals surface area contributed by atoms with Crippen molar-refractivity contribution in [1.82, 2.24) is 9.88 Å². The molecule has 0 atom stereocenters. The molecule has 1 aliphatic heterocycles. The van der Waals surface area contributed by atoms with E-state index in [2.05, 4.69) is 10.3 Å². The molecular weight excluding hydrogens is 364 g/mol. The van der Waals surface area contributed by atoms with Crippen LogP contribution < -0.4 is 5.32 Å². The molecule has 0 unspecified atom stereocenters. The van der Waals surface area contributed by atoms with Gasteiger partial charge in [-0.25, -0.2) is 13.8 Å². The Bertz CT molecular complexity index is 853. The Labute approximate surface area is 151 Å². The predicted molar refractivity (Wildman–Crippen MR) is 90.5 cm³/mol. The molecule has 6 nitrogen and oxygen atoms in total. The monoisotopic (exact) mass is 379 g/mol. The molecule has 0 bridgehead atoms. The summed E-state index contributed by atoms with van der Waals surface area (Å²) in [5.74, 6) is -2.17. The molecule has 2 aromatic rings. The van der Waals surface area contributed by atoms with E-state index < -0.39 is 11.6 Å². The van der Waals surface area contributed by atoms with E-state index >= 15 is 0 Å². The van der Waals surface area contributed by atoms with E-state index in [1.165, 1.54) is 29.7 Å². The molecule has 2 heterocycles. The van der Waals surface area contributed by atoms with Crippen LogP contribution in [0.5, 0.6) is 0 Å². The summed E-state index contributed by atoms with van der Waals surface area (Å²) in [6.45, 7) is 0.0442. The van der Waals surface area contributed by atoms with E-state index in [4.69, 9.17) is 0 Å². The van der Waals surface area contributed by atoms with Crippen molar-refractivity contribution in [3.05, 3.63) is 46.5 Å². The van der Waals surface area contributed by atoms with Crippen LogP contribution in [-0.4, -0.2) is 34.2 Å². The van der Waals surface area contributed by atoms with Crippen molar-refractivity contribution in [3.63, 3.8) is 0 Å². The lowest BCUT2D eigenvalue weighted by atomic mass is 10.1. The number of amides is 3. The van der Waals surface area contributed by atoms with Gasteiger partial charge in [-0.05, 0) is 11.6 Å². The minimum Gasteiger partial charge on any atom is -0.302 e. The average molecular weight is 379 g/mol. The van der Waals surface area contributed by atoms with Gasteiger partial charge in [0, 0.05) is 49.4 Å². The number of rotatable bonds is 6. The van der Waals surface area contributed by atoms with Gasteiger partial charge in [0.2, 0.25) is 17.7 Å². The number of halogens is 2. The minimum absolute atomic E-state index is 0.0149. The van der Waals surface area contributed by atoms with Gasteiger partial charge >= 0.3 is 0 Å². The number of aromatic nitrogens is 1. The predicted octanol–water partition coefficient (Wildman–Crippen LogP) is 2.49. The highest BCUT2D eigenvalue weighted by molar-refractivity contribution is 7.15. The van der Waals surface area contributed by atoms with E-state index in [-0.39, 0.29) is 49.9 Å². The Hall–Kier alpha value is -2.68. The number of benzene rings is 1. The van der Waals surface area contributed by atoms with Crippen LogP contribution in [0, 0.1) is 11.6 Å². The van der Waals surface area contributed by atoms with Gasteiger partial charge in [-0.2, -0.15) is 0 Å². The van der Waals surface area contributed by atoms with Gasteiger partial charge in [0.25, 0.3) is 0 Å². The van der Waals surface area contributed by atoms with E-state index in [1.807, 2.05) is 0 Å². The van der Waals surface area contributed by atoms with Crippen molar-refractivity contribution in [2.75, 3.05) is 11.9 Å². The zero-order valence-corrected chi connectivity index (χ0v) is 14.4. The standard InChI is InChI=1S/C17H15F2N3O3S/c18-11-2-1-10(13(19)8-11)7-12-9-20-17(26-12)21-14(23)5-6-22-15(24)3-4-16(22)25/h1-2,8-9H,3-7H2,(H,20,21,23). The van der Waals surface area contributed by atoms with E-state index in [0.29, 0.717) is 15.6 Å². The van der Waals surface area contributed by atoms with E-state index in [0.717, 1.165) is 11.0 Å². The van der Waals surface area contributed by atoms with Crippen molar-refractivity contribution in [1.29, 1.82) is 0 Å². The van der Waals surface area contributed by atoms with Crippen molar-refractivity contribution in [3.8, 4) is 0 Å². The first-order valence-electron chi connectivity index (χ1n) is 7.94. The number of likely N-dealkylation sites (tertiary alicyclic amines) is 1. The van der Waals surface area contributed by atoms with E-state index in [9.17, 15) is 23.2 Å². The highest BCUT2D eigenvalue weighted by Gasteiger charge is 2.28. The maximum absolute atomic E-state index is 13.7. The summed E-state index contributed by atoms with van der Waals surface area (Å²) in [7, 11) is 0. The van der Waals surface area contributed by atoms with Crippen LogP contribution in [0.4, 0.5) is 13.9 Å². The summed E-state index contributed by atoms with van der Waals surface area (Å²) in [5.41, 5.74) is 0.332. The molecule has 0 aliphatic carbocycles. The molecule has 136 valence electrons. The molecule has 1 aromatic heterocycles. The maximum atomic E-state index is 13.7. The first-order valence-corrected chi connectivity index (χ1v) is 8.75. The minimum atomic E-state index is -0.640. The molecule has 3 amide bonds. The summed E-state index contributed by atoms with van der Waals surface area (Å²) in [4.78, 5) is 40.8. The smallest absolute Gasteiger partial charge is 0.229 e. The number of nitrogens with one attached hydrogen (secondary N) is 1. The van der Waals surface area contributed by atoms with Gasteiger partial charge in [0.05, 0.1) is 0 Å². The van der Waals surface area contributed by atoms with Crippen molar-refractivity contribution < 1.29 is 23.2 Å². The van der Waals surface area contributed by atoms with Crippen LogP contribution in [0.25, 0.3) is 0 Å². The summed E-state index contributed by atoms with van der Waals surface area (Å²) in [5, 5.41) is 2.93. The lowest BCUT2D eigenvalue weighted by molar-refractivity contribution is -0.138. The number of hydrogen-bond acceptors (Lipinski definition) is 5. The number of imide groups is 1. The summed E-state index contributed by atoms with van der Waals surface area (Å²) in [6, 6.07) is 3.37. The Kier molecular flexibility index (Phi) is 5.36. The highest BCUT2D eigenvalue weighted by Crippen LogP contribution is 2.23. The van der Waals surface area contributed by atoms with E-state index in [1.54, 1.807) is 0 Å². The molecule has 0 saturated carbocycles. The molecule has 1 N–H and O–H groups in total. The van der Waals surface area contributed by atoms with Crippen LogP contribution in [0.2, 0.25) is 0 Å². The van der Waals surface area contributed by atoms with Crippen molar-refractivity contribution >= 4 is 34.2 Å². The first-order chi connectivity index (χ1) is 12.4. The van der Waals surface area contributed by atoms with Crippen LogP contribution >= 0.6 is 11.3 Å². The summed E-state index contributed by atoms with van der Waals surface area (Å²) >= 11 is 1.18. The van der Waals surface area contributed by atoms with Crippen molar-refractivity contribution in [2.45, 2.75) is 25.7 Å². The number of carbonyl (C=O) groups is 3. The molecule has 1 aliphatic rings. The van der Waals surface area contributed by atoms with Gasteiger partial charge in [-0.1, -0.05) is 6.07 Å².